The van der Waals surface area contributed by atoms with Crippen LogP contribution in [0.4, 0.5) is 9.18 Å². The van der Waals surface area contributed by atoms with E-state index < -0.39 is 11.9 Å². The van der Waals surface area contributed by atoms with E-state index >= 15 is 0 Å². The van der Waals surface area contributed by atoms with Crippen molar-refractivity contribution in [3.8, 4) is 5.75 Å². The Balaban J connectivity index is 1.95. The minimum Gasteiger partial charge on any atom is -0.494 e. The molecule has 1 heterocycles. The van der Waals surface area contributed by atoms with Crippen LogP contribution >= 0.6 is 0 Å². The molecule has 0 radical (unpaired) electrons. The number of halogens is 1. The molecule has 1 aromatic rings. The summed E-state index contributed by atoms with van der Waals surface area (Å²) in [5.41, 5.74) is 0.329. The topological polar surface area (TPSA) is 50.8 Å². The number of carbonyl (C=O) groups excluding carboxylic acids is 1. The van der Waals surface area contributed by atoms with Crippen molar-refractivity contribution in [2.24, 2.45) is 0 Å². The molecule has 1 aliphatic rings. The smallest absolute Gasteiger partial charge is 0.410 e. The van der Waals surface area contributed by atoms with Crippen LogP contribution in [0, 0.1) is 5.82 Å². The molecule has 5 nitrogen and oxygen atoms in total. The molecule has 1 fully saturated rings. The molecule has 1 amide bonds. The fraction of sp³-hybridized carbons (Fsp3) is 0.588. The van der Waals surface area contributed by atoms with Gasteiger partial charge >= 0.3 is 6.09 Å². The van der Waals surface area contributed by atoms with Crippen LogP contribution in [0.15, 0.2) is 18.2 Å². The molecule has 2 rings (SSSR count). The zero-order chi connectivity index (χ0) is 16.7. The maximum atomic E-state index is 13.9. The Hall–Kier alpha value is -1.82. The van der Waals surface area contributed by atoms with Crippen LogP contribution in [0.3, 0.4) is 0 Å². The first-order valence-electron chi connectivity index (χ1n) is 8.21. The molecular weight excluding hydrogens is 299 g/mol. The van der Waals surface area contributed by atoms with Crippen molar-refractivity contribution in [1.29, 1.82) is 0 Å². The third kappa shape index (κ3) is 4.82. The van der Waals surface area contributed by atoms with Crippen LogP contribution in [0.5, 0.6) is 5.75 Å². The third-order valence-electron chi connectivity index (χ3n) is 3.90. The molecule has 1 aliphatic heterocycles. The van der Waals surface area contributed by atoms with Gasteiger partial charge in [0.25, 0.3) is 0 Å². The van der Waals surface area contributed by atoms with E-state index in [-0.39, 0.29) is 12.6 Å². The number of nitrogens with one attached hydrogen (secondary N) is 1. The second kappa shape index (κ2) is 8.72. The molecule has 1 atom stereocenters. The summed E-state index contributed by atoms with van der Waals surface area (Å²) in [7, 11) is 0. The van der Waals surface area contributed by atoms with E-state index in [0.717, 1.165) is 25.9 Å². The van der Waals surface area contributed by atoms with Crippen molar-refractivity contribution in [2.45, 2.75) is 39.3 Å². The Kier molecular flexibility index (Phi) is 6.65. The molecular formula is C17H25FN2O3. The number of rotatable bonds is 6. The van der Waals surface area contributed by atoms with Gasteiger partial charge in [0.15, 0.2) is 0 Å². The lowest BCUT2D eigenvalue weighted by molar-refractivity contribution is 0.0706. The average Bonchev–Trinajstić information content (AvgIpc) is 2.59. The molecule has 0 bridgehead atoms. The molecule has 23 heavy (non-hydrogen) atoms. The minimum absolute atomic E-state index is 0.0889. The molecule has 0 unspecified atom stereocenters. The summed E-state index contributed by atoms with van der Waals surface area (Å²) in [6.07, 6.45) is 1.34. The lowest BCUT2D eigenvalue weighted by Crippen LogP contribution is -2.53. The minimum atomic E-state index is -0.394. The van der Waals surface area contributed by atoms with Gasteiger partial charge in [0.1, 0.15) is 18.2 Å². The Labute approximate surface area is 136 Å². The van der Waals surface area contributed by atoms with Gasteiger partial charge in [-0.15, -0.1) is 0 Å². The molecule has 0 aromatic heterocycles. The summed E-state index contributed by atoms with van der Waals surface area (Å²) < 4.78 is 24.6. The van der Waals surface area contributed by atoms with Crippen LogP contribution in [-0.2, 0) is 11.3 Å². The summed E-state index contributed by atoms with van der Waals surface area (Å²) in [6.45, 7) is 6.65. The number of carbonyl (C=O) groups is 1. The van der Waals surface area contributed by atoms with E-state index in [1.807, 2.05) is 13.8 Å². The van der Waals surface area contributed by atoms with Crippen molar-refractivity contribution < 1.29 is 18.7 Å². The molecule has 0 saturated carbocycles. The number of nitrogens with zero attached hydrogens (tertiary/aromatic N) is 1. The first-order chi connectivity index (χ1) is 11.2. The zero-order valence-electron chi connectivity index (χ0n) is 13.8. The largest absolute Gasteiger partial charge is 0.494 e. The van der Waals surface area contributed by atoms with Gasteiger partial charge in [-0.25, -0.2) is 9.18 Å². The van der Waals surface area contributed by atoms with Gasteiger partial charge in [0.05, 0.1) is 6.61 Å². The first-order valence-corrected chi connectivity index (χ1v) is 8.21. The van der Waals surface area contributed by atoms with E-state index in [1.54, 1.807) is 17.0 Å². The summed E-state index contributed by atoms with van der Waals surface area (Å²) >= 11 is 0. The first kappa shape index (κ1) is 17.5. The normalized spacial score (nSPS) is 17.9. The van der Waals surface area contributed by atoms with E-state index in [2.05, 4.69) is 5.32 Å². The highest BCUT2D eigenvalue weighted by Crippen LogP contribution is 2.19. The molecule has 6 heteroatoms. The maximum absolute atomic E-state index is 13.9. The number of hydrogen-bond donors (Lipinski definition) is 1. The highest BCUT2D eigenvalue weighted by atomic mass is 19.1. The highest BCUT2D eigenvalue weighted by Gasteiger charge is 2.26. The summed E-state index contributed by atoms with van der Waals surface area (Å²) in [5, 5.41) is 3.25. The molecule has 0 spiro atoms. The molecule has 1 aromatic carbocycles. The zero-order valence-corrected chi connectivity index (χ0v) is 13.8. The number of piperazine rings is 1. The Bertz CT molecular complexity index is 525. The monoisotopic (exact) mass is 324 g/mol. The lowest BCUT2D eigenvalue weighted by Gasteiger charge is -2.34. The van der Waals surface area contributed by atoms with Gasteiger partial charge in [-0.1, -0.05) is 13.8 Å². The van der Waals surface area contributed by atoms with E-state index in [0.29, 0.717) is 24.5 Å². The maximum Gasteiger partial charge on any atom is 0.410 e. The lowest BCUT2D eigenvalue weighted by atomic mass is 10.1. The van der Waals surface area contributed by atoms with Crippen molar-refractivity contribution in [1.82, 2.24) is 10.2 Å². The summed E-state index contributed by atoms with van der Waals surface area (Å²) in [5.74, 6) is 0.196. The Morgan fingerprint density at radius 2 is 2.26 bits per heavy atom. The summed E-state index contributed by atoms with van der Waals surface area (Å²) in [6, 6.07) is 4.64. The average molecular weight is 324 g/mol. The third-order valence-corrected chi connectivity index (χ3v) is 3.90. The van der Waals surface area contributed by atoms with Gasteiger partial charge < -0.3 is 19.7 Å². The van der Waals surface area contributed by atoms with Gasteiger partial charge in [0, 0.05) is 31.2 Å². The van der Waals surface area contributed by atoms with Crippen molar-refractivity contribution >= 4 is 6.09 Å². The van der Waals surface area contributed by atoms with E-state index in [9.17, 15) is 9.18 Å². The van der Waals surface area contributed by atoms with Crippen LogP contribution in [0.1, 0.15) is 32.3 Å². The number of amides is 1. The van der Waals surface area contributed by atoms with Gasteiger partial charge in [0.2, 0.25) is 0 Å². The standard InChI is InChI=1S/C17H25FN2O3/c1-3-9-22-15-5-6-16(18)13(10-15)12-23-17(21)20-8-7-19-11-14(20)4-2/h5-6,10,14,19H,3-4,7-9,11-12H2,1-2H3/t14-/m1/s1. The van der Waals surface area contributed by atoms with Gasteiger partial charge in [-0.3, -0.25) is 0 Å². The predicted molar refractivity (Wildman–Crippen MR) is 86.0 cm³/mol. The number of ether oxygens (including phenoxy) is 2. The Morgan fingerprint density at radius 1 is 1.43 bits per heavy atom. The van der Waals surface area contributed by atoms with Crippen molar-refractivity contribution in [2.75, 3.05) is 26.2 Å². The van der Waals surface area contributed by atoms with Crippen LogP contribution in [0.2, 0.25) is 0 Å². The second-order valence-electron chi connectivity index (χ2n) is 5.62. The van der Waals surface area contributed by atoms with E-state index in [4.69, 9.17) is 9.47 Å². The van der Waals surface area contributed by atoms with Gasteiger partial charge in [-0.05, 0) is 31.0 Å². The summed E-state index contributed by atoms with van der Waals surface area (Å²) in [4.78, 5) is 13.9. The highest BCUT2D eigenvalue weighted by molar-refractivity contribution is 5.68. The molecule has 1 saturated heterocycles. The van der Waals surface area contributed by atoms with Crippen LogP contribution in [0.25, 0.3) is 0 Å². The fourth-order valence-electron chi connectivity index (χ4n) is 2.56. The van der Waals surface area contributed by atoms with E-state index in [1.165, 1.54) is 6.07 Å². The molecule has 0 aliphatic carbocycles. The van der Waals surface area contributed by atoms with Crippen molar-refractivity contribution in [3.63, 3.8) is 0 Å². The molecule has 1 N–H and O–H groups in total. The van der Waals surface area contributed by atoms with Gasteiger partial charge in [-0.2, -0.15) is 0 Å². The second-order valence-corrected chi connectivity index (χ2v) is 5.62. The fourth-order valence-corrected chi connectivity index (χ4v) is 2.56. The molecule has 128 valence electrons. The van der Waals surface area contributed by atoms with Crippen LogP contribution < -0.4 is 10.1 Å². The predicted octanol–water partition coefficient (Wildman–Crippen LogP) is 2.93. The van der Waals surface area contributed by atoms with Crippen LogP contribution in [-0.4, -0.2) is 43.3 Å². The number of benzene rings is 1. The van der Waals surface area contributed by atoms with Crippen molar-refractivity contribution in [3.05, 3.63) is 29.6 Å². The Morgan fingerprint density at radius 3 is 3.00 bits per heavy atom. The number of hydrogen-bond acceptors (Lipinski definition) is 4. The SMILES string of the molecule is CCCOc1ccc(F)c(COC(=O)N2CCNC[C@H]2CC)c1. The quantitative estimate of drug-likeness (QED) is 0.874.